The molecule has 1 aliphatic carbocycles. The van der Waals surface area contributed by atoms with E-state index in [4.69, 9.17) is 4.74 Å². The highest BCUT2D eigenvalue weighted by molar-refractivity contribution is 4.87. The molecule has 0 aromatic carbocycles. The standard InChI is InChI=1S/C12H25NO/c1-5-12(3,4)9-13-10-7-11(8-10)14-6-2/h10-11,13H,5-9H2,1-4H3. The van der Waals surface area contributed by atoms with Gasteiger partial charge in [0.05, 0.1) is 6.10 Å². The zero-order valence-electron chi connectivity index (χ0n) is 10.1. The molecule has 0 bridgehead atoms. The Hall–Kier alpha value is -0.0800. The maximum Gasteiger partial charge on any atom is 0.0604 e. The highest BCUT2D eigenvalue weighted by atomic mass is 16.5. The minimum absolute atomic E-state index is 0.441. The fourth-order valence-electron chi connectivity index (χ4n) is 1.65. The van der Waals surface area contributed by atoms with Crippen LogP contribution in [0.1, 0.15) is 47.0 Å². The van der Waals surface area contributed by atoms with Crippen molar-refractivity contribution >= 4 is 0 Å². The zero-order chi connectivity index (χ0) is 10.6. The van der Waals surface area contributed by atoms with Crippen LogP contribution in [-0.4, -0.2) is 25.3 Å². The molecule has 0 heterocycles. The van der Waals surface area contributed by atoms with Gasteiger partial charge in [0.25, 0.3) is 0 Å². The summed E-state index contributed by atoms with van der Waals surface area (Å²) in [4.78, 5) is 0. The summed E-state index contributed by atoms with van der Waals surface area (Å²) >= 11 is 0. The highest BCUT2D eigenvalue weighted by Crippen LogP contribution is 2.25. The Bertz CT molecular complexity index is 162. The molecule has 0 unspecified atom stereocenters. The van der Waals surface area contributed by atoms with E-state index in [1.807, 2.05) is 0 Å². The predicted octanol–water partition coefficient (Wildman–Crippen LogP) is 2.58. The summed E-state index contributed by atoms with van der Waals surface area (Å²) < 4.78 is 5.53. The molecule has 2 heteroatoms. The Labute approximate surface area is 88.4 Å². The summed E-state index contributed by atoms with van der Waals surface area (Å²) in [7, 11) is 0. The van der Waals surface area contributed by atoms with E-state index in [1.165, 1.54) is 19.3 Å². The second kappa shape index (κ2) is 5.13. The van der Waals surface area contributed by atoms with Gasteiger partial charge in [-0.25, -0.2) is 0 Å². The normalized spacial score (nSPS) is 27.4. The summed E-state index contributed by atoms with van der Waals surface area (Å²) in [6, 6.07) is 0.706. The van der Waals surface area contributed by atoms with Crippen LogP contribution >= 0.6 is 0 Å². The zero-order valence-corrected chi connectivity index (χ0v) is 10.1. The van der Waals surface area contributed by atoms with Crippen LogP contribution in [0, 0.1) is 5.41 Å². The molecule has 84 valence electrons. The van der Waals surface area contributed by atoms with Crippen LogP contribution in [0.3, 0.4) is 0 Å². The van der Waals surface area contributed by atoms with E-state index in [1.54, 1.807) is 0 Å². The molecule has 0 radical (unpaired) electrons. The molecule has 0 aliphatic heterocycles. The van der Waals surface area contributed by atoms with Gasteiger partial charge in [0, 0.05) is 19.2 Å². The molecule has 0 spiro atoms. The molecule has 2 nitrogen and oxygen atoms in total. The van der Waals surface area contributed by atoms with Crippen molar-refractivity contribution < 1.29 is 4.74 Å². The van der Waals surface area contributed by atoms with Crippen molar-refractivity contribution in [3.8, 4) is 0 Å². The van der Waals surface area contributed by atoms with Gasteiger partial charge in [-0.05, 0) is 31.6 Å². The molecule has 1 rings (SSSR count). The van der Waals surface area contributed by atoms with Gasteiger partial charge in [-0.15, -0.1) is 0 Å². The number of nitrogens with one attached hydrogen (secondary N) is 1. The second-order valence-electron chi connectivity index (χ2n) is 5.14. The van der Waals surface area contributed by atoms with E-state index in [2.05, 4.69) is 33.0 Å². The number of ether oxygens (including phenoxy) is 1. The maximum atomic E-state index is 5.53. The van der Waals surface area contributed by atoms with Crippen molar-refractivity contribution in [3.05, 3.63) is 0 Å². The van der Waals surface area contributed by atoms with Crippen LogP contribution in [0.5, 0.6) is 0 Å². The van der Waals surface area contributed by atoms with E-state index < -0.39 is 0 Å². The monoisotopic (exact) mass is 199 g/mol. The maximum absolute atomic E-state index is 5.53. The molecule has 0 amide bonds. The van der Waals surface area contributed by atoms with Crippen LogP contribution in [0.25, 0.3) is 0 Å². The molecular formula is C12H25NO. The number of hydrogen-bond acceptors (Lipinski definition) is 2. The first-order valence-electron chi connectivity index (χ1n) is 5.92. The smallest absolute Gasteiger partial charge is 0.0604 e. The highest BCUT2D eigenvalue weighted by Gasteiger charge is 2.30. The summed E-state index contributed by atoms with van der Waals surface area (Å²) in [5.41, 5.74) is 0.441. The Kier molecular flexibility index (Phi) is 4.39. The Morgan fingerprint density at radius 3 is 2.43 bits per heavy atom. The van der Waals surface area contributed by atoms with Crippen molar-refractivity contribution in [2.75, 3.05) is 13.2 Å². The summed E-state index contributed by atoms with van der Waals surface area (Å²) in [5, 5.41) is 3.62. The molecule has 1 N–H and O–H groups in total. The molecule has 0 aromatic rings. The topological polar surface area (TPSA) is 21.3 Å². The fourth-order valence-corrected chi connectivity index (χ4v) is 1.65. The number of rotatable bonds is 6. The van der Waals surface area contributed by atoms with Crippen LogP contribution in [0.2, 0.25) is 0 Å². The molecule has 1 fully saturated rings. The summed E-state index contributed by atoms with van der Waals surface area (Å²) in [6.45, 7) is 11.0. The minimum atomic E-state index is 0.441. The van der Waals surface area contributed by atoms with Crippen LogP contribution in [0.15, 0.2) is 0 Å². The van der Waals surface area contributed by atoms with Crippen molar-refractivity contribution in [1.29, 1.82) is 0 Å². The lowest BCUT2D eigenvalue weighted by Gasteiger charge is -2.37. The third-order valence-corrected chi connectivity index (χ3v) is 3.32. The van der Waals surface area contributed by atoms with E-state index in [-0.39, 0.29) is 0 Å². The largest absolute Gasteiger partial charge is 0.378 e. The van der Waals surface area contributed by atoms with Gasteiger partial charge in [0.1, 0.15) is 0 Å². The van der Waals surface area contributed by atoms with Gasteiger partial charge in [0.2, 0.25) is 0 Å². The van der Waals surface area contributed by atoms with Gasteiger partial charge in [-0.1, -0.05) is 20.8 Å². The molecule has 0 aromatic heterocycles. The van der Waals surface area contributed by atoms with Gasteiger partial charge in [-0.3, -0.25) is 0 Å². The van der Waals surface area contributed by atoms with E-state index in [0.29, 0.717) is 17.6 Å². The first-order valence-corrected chi connectivity index (χ1v) is 5.92. The van der Waals surface area contributed by atoms with E-state index in [0.717, 1.165) is 13.2 Å². The molecule has 1 saturated carbocycles. The Morgan fingerprint density at radius 2 is 1.93 bits per heavy atom. The summed E-state index contributed by atoms with van der Waals surface area (Å²) in [6.07, 6.45) is 4.17. The SMILES string of the molecule is CCOC1CC(NCC(C)(C)CC)C1. The molecular weight excluding hydrogens is 174 g/mol. The molecule has 1 aliphatic rings. The van der Waals surface area contributed by atoms with Crippen LogP contribution < -0.4 is 5.32 Å². The van der Waals surface area contributed by atoms with Gasteiger partial charge < -0.3 is 10.1 Å². The fraction of sp³-hybridized carbons (Fsp3) is 1.00. The third kappa shape index (κ3) is 3.58. The van der Waals surface area contributed by atoms with Gasteiger partial charge >= 0.3 is 0 Å². The quantitative estimate of drug-likeness (QED) is 0.710. The van der Waals surface area contributed by atoms with Crippen molar-refractivity contribution in [2.24, 2.45) is 5.41 Å². The van der Waals surface area contributed by atoms with Crippen molar-refractivity contribution in [2.45, 2.75) is 59.1 Å². The summed E-state index contributed by atoms with van der Waals surface area (Å²) in [5.74, 6) is 0. The Morgan fingerprint density at radius 1 is 1.29 bits per heavy atom. The van der Waals surface area contributed by atoms with Crippen LogP contribution in [-0.2, 0) is 4.74 Å². The van der Waals surface area contributed by atoms with Crippen molar-refractivity contribution in [1.82, 2.24) is 5.32 Å². The predicted molar refractivity (Wildman–Crippen MR) is 60.5 cm³/mol. The van der Waals surface area contributed by atoms with Gasteiger partial charge in [0.15, 0.2) is 0 Å². The molecule has 0 saturated heterocycles. The minimum Gasteiger partial charge on any atom is -0.378 e. The Balaban J connectivity index is 2.06. The lowest BCUT2D eigenvalue weighted by Crippen LogP contribution is -2.48. The first kappa shape index (κ1) is 12.0. The molecule has 0 atom stereocenters. The van der Waals surface area contributed by atoms with E-state index in [9.17, 15) is 0 Å². The van der Waals surface area contributed by atoms with Crippen molar-refractivity contribution in [3.63, 3.8) is 0 Å². The van der Waals surface area contributed by atoms with E-state index >= 15 is 0 Å². The first-order chi connectivity index (χ1) is 6.57. The molecule has 14 heavy (non-hydrogen) atoms. The lowest BCUT2D eigenvalue weighted by molar-refractivity contribution is -0.0117. The average Bonchev–Trinajstić information content (AvgIpc) is 2.09. The third-order valence-electron chi connectivity index (χ3n) is 3.32. The lowest BCUT2D eigenvalue weighted by atomic mass is 9.86. The van der Waals surface area contributed by atoms with Crippen LogP contribution in [0.4, 0.5) is 0 Å². The average molecular weight is 199 g/mol. The van der Waals surface area contributed by atoms with Gasteiger partial charge in [-0.2, -0.15) is 0 Å². The number of hydrogen-bond donors (Lipinski definition) is 1. The second-order valence-corrected chi connectivity index (χ2v) is 5.14.